The zero-order chi connectivity index (χ0) is 90.0. The van der Waals surface area contributed by atoms with Crippen LogP contribution in [0.15, 0.2) is 72.8 Å². The van der Waals surface area contributed by atoms with E-state index in [4.69, 9.17) is 168 Å². The third kappa shape index (κ3) is 18.2. The van der Waals surface area contributed by atoms with Gasteiger partial charge in [0.2, 0.25) is 0 Å². The molecule has 704 valence electrons. The molecule has 0 N–H and O–H groups in total. The van der Waals surface area contributed by atoms with Crippen LogP contribution in [-0.2, 0) is 71.0 Å². The Hall–Kier alpha value is -2.40. The molecule has 25 aliphatic carbocycles. The Morgan fingerprint density at radius 2 is 0.246 bits per heavy atom. The summed E-state index contributed by atoms with van der Waals surface area (Å²) in [7, 11) is 12.2. The standard InChI is InChI=1S/C108H132O6.4CHCl3/c1-109-97-79-25-81-33-92(104-46-64-10-65(47-104)12-66(11-64)48-104)35-83(98(81)110-2)27-85-37-94(106-52-70-16-71(53-106)18-72(17-70)54-106)39-87(100(85)112-4)29-89-41-96(108-58-76-22-77(59-108)24-78(23-76)60-108)42-90(102(89)114-6)30-88-40-95(107-55-73-19-74(56-107)21-75(20-73)57-107)38-86(101(88)113-5)28-84-36-93(105-49-67-13-68(50-105)15-69(14-67)51-105)34-82(99(84)111-3)26-80(97)32-91(31-79)103-43-61-7-62(44-103)9-63(8-61)45-103;4*2-1(3)4/h31-42,61-78H,7-30,43-60H2,1-6H3;4*1H. The Bertz CT molecular complexity index is 4030. The first kappa shape index (κ1) is 93.9. The Labute approximate surface area is 836 Å². The van der Waals surface area contributed by atoms with Crippen LogP contribution in [0.3, 0.4) is 0 Å². The molecule has 0 saturated heterocycles. The van der Waals surface area contributed by atoms with Gasteiger partial charge in [0.25, 0.3) is 0 Å². The molecule has 0 atom stereocenters. The fourth-order valence-electron chi connectivity index (χ4n) is 37.5. The van der Waals surface area contributed by atoms with Crippen molar-refractivity contribution in [3.8, 4) is 34.5 Å². The second-order valence-electron chi connectivity index (χ2n) is 47.2. The summed E-state index contributed by atoms with van der Waals surface area (Å²) >= 11 is 57.7. The molecule has 6 aromatic carbocycles. The van der Waals surface area contributed by atoms with Gasteiger partial charge >= 0.3 is 0 Å². The maximum absolute atomic E-state index is 7.29. The van der Waals surface area contributed by atoms with Crippen molar-refractivity contribution < 1.29 is 28.4 Å². The molecule has 0 radical (unpaired) electrons. The van der Waals surface area contributed by atoms with Crippen molar-refractivity contribution in [2.24, 2.45) is 107 Å². The van der Waals surface area contributed by atoms with E-state index < -0.39 is 17.2 Å². The average Bonchev–Trinajstić information content (AvgIpc) is 0.741. The smallest absolute Gasteiger partial charge is 0.180 e. The van der Waals surface area contributed by atoms with E-state index in [1.54, 1.807) is 33.4 Å². The van der Waals surface area contributed by atoms with E-state index in [2.05, 4.69) is 72.8 Å². The van der Waals surface area contributed by atoms with Crippen molar-refractivity contribution >= 4 is 139 Å². The maximum atomic E-state index is 7.29. The minimum Gasteiger partial charge on any atom is -0.496 e. The first-order valence-corrected chi connectivity index (χ1v) is 55.6. The number of rotatable bonds is 12. The number of hydrogen-bond acceptors (Lipinski definition) is 6. The minimum absolute atomic E-state index is 0.173. The lowest BCUT2D eigenvalue weighted by atomic mass is 9.48. The molecule has 36 bridgehead atoms. The highest BCUT2D eigenvalue weighted by atomic mass is 35.6. The van der Waals surface area contributed by atoms with E-state index in [-0.39, 0.29) is 32.5 Å². The molecule has 0 unspecified atom stereocenters. The highest BCUT2D eigenvalue weighted by Crippen LogP contribution is 2.69. The van der Waals surface area contributed by atoms with Crippen LogP contribution in [0.25, 0.3) is 0 Å². The normalized spacial score (nSPS) is 37.2. The maximum Gasteiger partial charge on any atom is 0.180 e. The number of methoxy groups -OCH3 is 6. The van der Waals surface area contributed by atoms with Gasteiger partial charge < -0.3 is 28.4 Å². The number of alkyl halides is 12. The molecule has 0 aliphatic heterocycles. The van der Waals surface area contributed by atoms with Crippen LogP contribution in [0.4, 0.5) is 0 Å². The molecule has 24 fully saturated rings. The summed E-state index contributed by atoms with van der Waals surface area (Å²) in [5.74, 6) is 21.4. The highest BCUT2D eigenvalue weighted by molar-refractivity contribution is 6.64. The van der Waals surface area contributed by atoms with Gasteiger partial charge in [-0.15, -0.1) is 0 Å². The van der Waals surface area contributed by atoms with Gasteiger partial charge in [0.05, 0.1) is 42.7 Å². The molecule has 0 spiro atoms. The summed E-state index contributed by atoms with van der Waals surface area (Å²) in [5, 5.41) is 0. The summed E-state index contributed by atoms with van der Waals surface area (Å²) in [4.78, 5) is 0. The zero-order valence-electron chi connectivity index (χ0n) is 77.3. The molecule has 6 nitrogen and oxygen atoms in total. The van der Waals surface area contributed by atoms with Crippen LogP contribution in [-0.4, -0.2) is 59.8 Å². The number of halogens is 12. The van der Waals surface area contributed by atoms with E-state index in [0.717, 1.165) is 180 Å². The predicted molar refractivity (Wildman–Crippen MR) is 539 cm³/mol. The van der Waals surface area contributed by atoms with Gasteiger partial charge in [-0.2, -0.15) is 0 Å². The summed E-state index contributed by atoms with van der Waals surface area (Å²) < 4.78 is 40.7. The molecular weight excluding hydrogens is 1870 g/mol. The summed E-state index contributed by atoms with van der Waals surface area (Å²) in [5.41, 5.74) is 26.9. The van der Waals surface area contributed by atoms with Crippen molar-refractivity contribution in [2.75, 3.05) is 42.7 Å². The minimum atomic E-state index is -0.750. The topological polar surface area (TPSA) is 55.4 Å². The van der Waals surface area contributed by atoms with Gasteiger partial charge in [-0.05, 0) is 470 Å². The average molecular weight is 2000 g/mol. The number of hydrogen-bond donors (Lipinski definition) is 0. The van der Waals surface area contributed by atoms with E-state index in [1.807, 2.05) is 42.7 Å². The van der Waals surface area contributed by atoms with Gasteiger partial charge in [0.1, 0.15) is 34.5 Å². The Balaban J connectivity index is 0.000000595. The van der Waals surface area contributed by atoms with Gasteiger partial charge in [-0.25, -0.2) is 0 Å². The molecule has 6 aromatic rings. The number of ether oxygens (including phenoxy) is 6. The van der Waals surface area contributed by atoms with E-state index in [0.29, 0.717) is 0 Å². The van der Waals surface area contributed by atoms with Crippen LogP contribution in [0, 0.1) is 107 Å². The zero-order valence-corrected chi connectivity index (χ0v) is 86.4. The molecule has 130 heavy (non-hydrogen) atoms. The van der Waals surface area contributed by atoms with Crippen molar-refractivity contribution in [2.45, 2.75) is 319 Å². The second kappa shape index (κ2) is 37.2. The Morgan fingerprint density at radius 3 is 0.315 bits per heavy atom. The van der Waals surface area contributed by atoms with E-state index in [9.17, 15) is 0 Å². The predicted octanol–water partition coefficient (Wildman–Crippen LogP) is 32.3. The molecular formula is C112H136Cl12O6. The fourth-order valence-corrected chi connectivity index (χ4v) is 37.5. The number of fused-ring (bicyclic) bond motifs is 12. The molecule has 25 aliphatic rings. The van der Waals surface area contributed by atoms with Gasteiger partial charge in [-0.3, -0.25) is 0 Å². The molecule has 31 rings (SSSR count). The van der Waals surface area contributed by atoms with Gasteiger partial charge in [0, 0.05) is 38.5 Å². The lowest BCUT2D eigenvalue weighted by Gasteiger charge is -2.57. The van der Waals surface area contributed by atoms with E-state index in [1.165, 1.54) is 298 Å². The monoisotopic (exact) mass is 2000 g/mol. The third-order valence-corrected chi connectivity index (χ3v) is 38.9. The first-order chi connectivity index (χ1) is 62.5. The lowest BCUT2D eigenvalue weighted by Crippen LogP contribution is -2.48. The number of benzene rings is 6. The third-order valence-electron chi connectivity index (χ3n) is 38.9. The van der Waals surface area contributed by atoms with Crippen molar-refractivity contribution in [3.63, 3.8) is 0 Å². The van der Waals surface area contributed by atoms with Crippen LogP contribution in [0.1, 0.15) is 331 Å². The molecule has 18 heteroatoms. The quantitative estimate of drug-likeness (QED) is 0.114. The van der Waals surface area contributed by atoms with E-state index >= 15 is 0 Å². The fraction of sp³-hybridized carbons (Fsp3) is 0.679. The molecule has 0 heterocycles. The SMILES string of the molecule is COc1c2cc(C34CC5CC(CC(C5)C3)C4)cc1Cc1cc(C34CC5CC(CC(C5)C3)C4)cc(c1OC)Cc1cc(C34CC5CC(CC(C5)C3)C4)cc(c1OC)Cc1cc(C34CC5CC(CC(C5)C3)C4)cc(c1OC)Cc1cc(C34CC5CC(CC(C5)C3)C4)cc(c1OC)Cc1cc(C34CC5CC(CC(C5)C3)C4)cc(c1OC)C2.ClC(Cl)Cl.ClC(Cl)Cl.ClC(Cl)Cl.ClC(Cl)Cl. The van der Waals surface area contributed by atoms with Crippen LogP contribution in [0.2, 0.25) is 0 Å². The lowest BCUT2D eigenvalue weighted by molar-refractivity contribution is -0.00542. The van der Waals surface area contributed by atoms with Crippen molar-refractivity contribution in [1.82, 2.24) is 0 Å². The van der Waals surface area contributed by atoms with Crippen molar-refractivity contribution in [3.05, 3.63) is 173 Å². The highest BCUT2D eigenvalue weighted by Gasteiger charge is 2.59. The molecule has 24 saturated carbocycles. The summed E-state index contributed by atoms with van der Waals surface area (Å²) in [6.45, 7) is 0. The van der Waals surface area contributed by atoms with Crippen LogP contribution < -0.4 is 28.4 Å². The molecule has 0 aromatic heterocycles. The Kier molecular flexibility index (Phi) is 26.9. The molecule has 0 amide bonds. The van der Waals surface area contributed by atoms with Gasteiger partial charge in [0.15, 0.2) is 17.2 Å². The second-order valence-corrected chi connectivity index (χ2v) is 55.1. The summed E-state index contributed by atoms with van der Waals surface area (Å²) in [6, 6.07) is 33.1. The van der Waals surface area contributed by atoms with Crippen LogP contribution in [0.5, 0.6) is 34.5 Å². The first-order valence-electron chi connectivity index (χ1n) is 50.4. The van der Waals surface area contributed by atoms with Gasteiger partial charge in [-0.1, -0.05) is 212 Å². The largest absolute Gasteiger partial charge is 0.496 e. The summed E-state index contributed by atoms with van der Waals surface area (Å²) in [6.07, 6.45) is 54.3. The Morgan fingerprint density at radius 1 is 0.169 bits per heavy atom. The van der Waals surface area contributed by atoms with Crippen LogP contribution >= 0.6 is 139 Å². The van der Waals surface area contributed by atoms with Crippen molar-refractivity contribution in [1.29, 1.82) is 0 Å².